The third kappa shape index (κ3) is 3.27. The summed E-state index contributed by atoms with van der Waals surface area (Å²) >= 11 is 1.74. The summed E-state index contributed by atoms with van der Waals surface area (Å²) in [5.41, 5.74) is 0.127. The molecule has 1 rings (SSSR count). The minimum absolute atomic E-state index is 0.127. The van der Waals surface area contributed by atoms with Gasteiger partial charge in [0.15, 0.2) is 0 Å². The van der Waals surface area contributed by atoms with E-state index in [1.54, 1.807) is 11.3 Å². The second-order valence-electron chi connectivity index (χ2n) is 4.79. The molecule has 1 atom stereocenters. The lowest BCUT2D eigenvalue weighted by Crippen LogP contribution is -2.56. The molecule has 0 spiro atoms. The van der Waals surface area contributed by atoms with Crippen molar-refractivity contribution in [3.8, 4) is 0 Å². The number of hydrogen-bond acceptors (Lipinski definition) is 4. The van der Waals surface area contributed by atoms with E-state index >= 15 is 0 Å². The van der Waals surface area contributed by atoms with Gasteiger partial charge in [-0.05, 0) is 34.5 Å². The lowest BCUT2D eigenvalue weighted by Gasteiger charge is -2.40. The monoisotopic (exact) mass is 241 g/mol. The van der Waals surface area contributed by atoms with Gasteiger partial charge < -0.3 is 10.2 Å². The molecule has 0 aliphatic heterocycles. The minimum atomic E-state index is 0.127. The Morgan fingerprint density at radius 1 is 1.50 bits per heavy atom. The Morgan fingerprint density at radius 3 is 2.62 bits per heavy atom. The molecule has 0 aromatic carbocycles. The molecule has 4 heteroatoms. The van der Waals surface area contributed by atoms with Gasteiger partial charge in [-0.1, -0.05) is 6.92 Å². The summed E-state index contributed by atoms with van der Waals surface area (Å²) in [7, 11) is 4.26. The van der Waals surface area contributed by atoms with Gasteiger partial charge in [-0.25, -0.2) is 4.98 Å². The Kier molecular flexibility index (Phi) is 4.89. The van der Waals surface area contributed by atoms with Crippen molar-refractivity contribution in [3.63, 3.8) is 0 Å². The summed E-state index contributed by atoms with van der Waals surface area (Å²) in [6.45, 7) is 7.69. The van der Waals surface area contributed by atoms with Crippen molar-refractivity contribution >= 4 is 11.3 Å². The van der Waals surface area contributed by atoms with Crippen LogP contribution < -0.4 is 5.32 Å². The molecule has 1 N–H and O–H groups in total. The van der Waals surface area contributed by atoms with Crippen LogP contribution in [0.4, 0.5) is 0 Å². The summed E-state index contributed by atoms with van der Waals surface area (Å²) in [5, 5.41) is 6.82. The zero-order valence-electron chi connectivity index (χ0n) is 10.9. The van der Waals surface area contributed by atoms with Gasteiger partial charge in [0.2, 0.25) is 0 Å². The molecular weight excluding hydrogens is 218 g/mol. The van der Waals surface area contributed by atoms with E-state index in [2.05, 4.69) is 50.1 Å². The van der Waals surface area contributed by atoms with E-state index in [9.17, 15) is 0 Å². The highest BCUT2D eigenvalue weighted by Crippen LogP contribution is 2.20. The van der Waals surface area contributed by atoms with Crippen LogP contribution in [0.1, 0.15) is 25.8 Å². The van der Waals surface area contributed by atoms with Crippen LogP contribution in [0, 0.1) is 0 Å². The smallest absolute Gasteiger partial charge is 0.0941 e. The van der Waals surface area contributed by atoms with Crippen molar-refractivity contribution in [2.75, 3.05) is 20.6 Å². The van der Waals surface area contributed by atoms with Crippen molar-refractivity contribution in [2.24, 2.45) is 0 Å². The third-order valence-corrected chi connectivity index (χ3v) is 4.12. The summed E-state index contributed by atoms with van der Waals surface area (Å²) < 4.78 is 0. The summed E-state index contributed by atoms with van der Waals surface area (Å²) in [5.74, 6) is 0. The molecule has 92 valence electrons. The zero-order chi connectivity index (χ0) is 12.2. The minimum Gasteiger partial charge on any atom is -0.312 e. The first-order chi connectivity index (χ1) is 7.48. The van der Waals surface area contributed by atoms with Crippen LogP contribution in [0.5, 0.6) is 0 Å². The van der Waals surface area contributed by atoms with E-state index < -0.39 is 0 Å². The maximum absolute atomic E-state index is 4.37. The Morgan fingerprint density at radius 2 is 2.19 bits per heavy atom. The van der Waals surface area contributed by atoms with Gasteiger partial charge in [-0.3, -0.25) is 0 Å². The fourth-order valence-electron chi connectivity index (χ4n) is 1.66. The maximum Gasteiger partial charge on any atom is 0.0941 e. The SMILES string of the molecule is CCNC(Cc1nccs1)C(C)(C)N(C)C. The number of nitrogens with one attached hydrogen (secondary N) is 1. The maximum atomic E-state index is 4.37. The van der Waals surface area contributed by atoms with Crippen LogP contribution in [0.3, 0.4) is 0 Å². The Balaban J connectivity index is 2.74. The molecule has 0 amide bonds. The van der Waals surface area contributed by atoms with Crippen LogP contribution in [-0.2, 0) is 6.42 Å². The second-order valence-corrected chi connectivity index (χ2v) is 5.77. The number of thiazole rings is 1. The second kappa shape index (κ2) is 5.75. The van der Waals surface area contributed by atoms with Crippen molar-refractivity contribution in [2.45, 2.75) is 38.8 Å². The van der Waals surface area contributed by atoms with E-state index in [1.807, 2.05) is 11.6 Å². The lowest BCUT2D eigenvalue weighted by atomic mass is 9.90. The van der Waals surface area contributed by atoms with E-state index in [4.69, 9.17) is 0 Å². The van der Waals surface area contributed by atoms with Crippen molar-refractivity contribution < 1.29 is 0 Å². The summed E-state index contributed by atoms with van der Waals surface area (Å²) in [6.07, 6.45) is 2.88. The zero-order valence-corrected chi connectivity index (χ0v) is 11.8. The number of aromatic nitrogens is 1. The van der Waals surface area contributed by atoms with Gasteiger partial charge in [0.25, 0.3) is 0 Å². The molecule has 0 radical (unpaired) electrons. The molecule has 0 saturated carbocycles. The Labute approximate surface area is 103 Å². The first kappa shape index (κ1) is 13.6. The van der Waals surface area contributed by atoms with Crippen LogP contribution >= 0.6 is 11.3 Å². The largest absolute Gasteiger partial charge is 0.312 e. The van der Waals surface area contributed by atoms with E-state index in [-0.39, 0.29) is 5.54 Å². The standard InChI is InChI=1S/C12H23N3S/c1-6-13-10(12(2,3)15(4)5)9-11-14-7-8-16-11/h7-8,10,13H,6,9H2,1-5H3. The van der Waals surface area contributed by atoms with Crippen LogP contribution in [-0.4, -0.2) is 42.1 Å². The van der Waals surface area contributed by atoms with Gasteiger partial charge >= 0.3 is 0 Å². The van der Waals surface area contributed by atoms with Crippen LogP contribution in [0.25, 0.3) is 0 Å². The number of likely N-dealkylation sites (N-methyl/N-ethyl adjacent to an activating group) is 2. The van der Waals surface area contributed by atoms with Gasteiger partial charge in [0.05, 0.1) is 5.01 Å². The van der Waals surface area contributed by atoms with Gasteiger partial charge in [-0.2, -0.15) is 0 Å². The highest BCUT2D eigenvalue weighted by Gasteiger charge is 2.31. The molecule has 16 heavy (non-hydrogen) atoms. The van der Waals surface area contributed by atoms with Crippen LogP contribution in [0.2, 0.25) is 0 Å². The van der Waals surface area contributed by atoms with Gasteiger partial charge in [0, 0.05) is 29.6 Å². The summed E-state index contributed by atoms with van der Waals surface area (Å²) in [6, 6.07) is 0.429. The highest BCUT2D eigenvalue weighted by molar-refractivity contribution is 7.09. The molecule has 0 aliphatic carbocycles. The number of hydrogen-bond donors (Lipinski definition) is 1. The molecule has 1 heterocycles. The fraction of sp³-hybridized carbons (Fsp3) is 0.750. The van der Waals surface area contributed by atoms with E-state index in [1.165, 1.54) is 5.01 Å². The number of nitrogens with zero attached hydrogens (tertiary/aromatic N) is 2. The molecule has 1 aromatic rings. The predicted octanol–water partition coefficient (Wildman–Crippen LogP) is 2.00. The quantitative estimate of drug-likeness (QED) is 0.826. The number of rotatable bonds is 6. The molecule has 0 bridgehead atoms. The highest BCUT2D eigenvalue weighted by atomic mass is 32.1. The topological polar surface area (TPSA) is 28.2 Å². The molecule has 0 aliphatic rings. The lowest BCUT2D eigenvalue weighted by molar-refractivity contribution is 0.138. The van der Waals surface area contributed by atoms with Crippen molar-refractivity contribution in [3.05, 3.63) is 16.6 Å². The third-order valence-electron chi connectivity index (χ3n) is 3.32. The Bertz CT molecular complexity index is 293. The van der Waals surface area contributed by atoms with Crippen molar-refractivity contribution in [1.29, 1.82) is 0 Å². The molecular formula is C12H23N3S. The fourth-order valence-corrected chi connectivity index (χ4v) is 2.32. The average Bonchev–Trinajstić information content (AvgIpc) is 2.69. The van der Waals surface area contributed by atoms with Crippen molar-refractivity contribution in [1.82, 2.24) is 15.2 Å². The molecule has 1 unspecified atom stereocenters. The van der Waals surface area contributed by atoms with E-state index in [0.717, 1.165) is 13.0 Å². The molecule has 0 saturated heterocycles. The Hall–Kier alpha value is -0.450. The average molecular weight is 241 g/mol. The summed E-state index contributed by atoms with van der Waals surface area (Å²) in [4.78, 5) is 6.64. The molecule has 1 aromatic heterocycles. The predicted molar refractivity (Wildman–Crippen MR) is 71.0 cm³/mol. The normalized spacial score (nSPS) is 14.4. The molecule has 0 fully saturated rings. The first-order valence-electron chi connectivity index (χ1n) is 5.77. The van der Waals surface area contributed by atoms with Crippen LogP contribution in [0.15, 0.2) is 11.6 Å². The van der Waals surface area contributed by atoms with Gasteiger partial charge in [-0.15, -0.1) is 11.3 Å². The van der Waals surface area contributed by atoms with Gasteiger partial charge in [0.1, 0.15) is 0 Å². The van der Waals surface area contributed by atoms with E-state index in [0.29, 0.717) is 6.04 Å². The first-order valence-corrected chi connectivity index (χ1v) is 6.65. The molecule has 3 nitrogen and oxygen atoms in total.